The average Bonchev–Trinajstić information content (AvgIpc) is 3.07. The molecule has 1 amide bonds. The standard InChI is InChI=1S/C36H46N2O5/c1-6-7-18-37-20-16-36(17-21-37,28-11-9-8-10-12-28)35(39)38-19-15-27-24-33(42-4)34(43-5)25-29(27)30(38)22-26-13-14-31(40-2)32(23-26)41-3/h8-14,23-25,30H,6-7,15-22H2,1-5H3. The topological polar surface area (TPSA) is 60.5 Å². The van der Waals surface area contributed by atoms with Crippen LogP contribution in [0.3, 0.4) is 0 Å². The molecule has 43 heavy (non-hydrogen) atoms. The summed E-state index contributed by atoms with van der Waals surface area (Å²) in [4.78, 5) is 19.8. The Kier molecular flexibility index (Phi) is 9.81. The minimum atomic E-state index is -0.562. The first-order chi connectivity index (χ1) is 21.0. The van der Waals surface area contributed by atoms with Crippen LogP contribution >= 0.6 is 0 Å². The number of piperidine rings is 1. The molecular formula is C36H46N2O5. The van der Waals surface area contributed by atoms with E-state index in [2.05, 4.69) is 59.2 Å². The number of rotatable bonds is 11. The minimum absolute atomic E-state index is 0.173. The molecule has 0 N–H and O–H groups in total. The van der Waals surface area contributed by atoms with E-state index in [1.54, 1.807) is 28.4 Å². The molecule has 0 saturated carbocycles. The summed E-state index contributed by atoms with van der Waals surface area (Å²) >= 11 is 0. The zero-order valence-corrected chi connectivity index (χ0v) is 26.4. The molecule has 0 spiro atoms. The summed E-state index contributed by atoms with van der Waals surface area (Å²) in [6.07, 6.45) is 5.40. The maximum atomic E-state index is 15.1. The van der Waals surface area contributed by atoms with Crippen molar-refractivity contribution in [1.29, 1.82) is 0 Å². The lowest BCUT2D eigenvalue weighted by atomic mass is 9.70. The SMILES string of the molecule is CCCCN1CCC(C(=O)N2CCc3cc(OC)c(OC)cc3C2Cc2ccc(OC)c(OC)c2)(c2ccccc2)CC1. The molecule has 1 unspecified atom stereocenters. The summed E-state index contributed by atoms with van der Waals surface area (Å²) in [5.74, 6) is 2.98. The van der Waals surface area contributed by atoms with Gasteiger partial charge < -0.3 is 28.7 Å². The third-order valence-electron chi connectivity index (χ3n) is 9.41. The van der Waals surface area contributed by atoms with Gasteiger partial charge in [-0.1, -0.05) is 49.7 Å². The van der Waals surface area contributed by atoms with E-state index in [1.807, 2.05) is 18.2 Å². The van der Waals surface area contributed by atoms with Crippen molar-refractivity contribution < 1.29 is 23.7 Å². The predicted molar refractivity (Wildman–Crippen MR) is 170 cm³/mol. The number of carbonyl (C=O) groups excluding carboxylic acids is 1. The van der Waals surface area contributed by atoms with Crippen LogP contribution in [0, 0.1) is 0 Å². The summed E-state index contributed by atoms with van der Waals surface area (Å²) < 4.78 is 22.5. The van der Waals surface area contributed by atoms with E-state index >= 15 is 4.79 Å². The van der Waals surface area contributed by atoms with Crippen LogP contribution in [0.15, 0.2) is 60.7 Å². The first-order valence-corrected chi connectivity index (χ1v) is 15.5. The molecule has 3 aromatic rings. The van der Waals surface area contributed by atoms with E-state index in [1.165, 1.54) is 18.4 Å². The number of likely N-dealkylation sites (tertiary alicyclic amines) is 1. The number of ether oxygens (including phenoxy) is 4. The zero-order valence-electron chi connectivity index (χ0n) is 26.4. The summed E-state index contributed by atoms with van der Waals surface area (Å²) in [5.41, 5.74) is 3.93. The van der Waals surface area contributed by atoms with Crippen LogP contribution < -0.4 is 18.9 Å². The van der Waals surface area contributed by atoms with Gasteiger partial charge in [-0.2, -0.15) is 0 Å². The molecule has 7 nitrogen and oxygen atoms in total. The first-order valence-electron chi connectivity index (χ1n) is 15.5. The lowest BCUT2D eigenvalue weighted by Gasteiger charge is -2.47. The summed E-state index contributed by atoms with van der Waals surface area (Å²) in [5, 5.41) is 0. The van der Waals surface area contributed by atoms with E-state index in [-0.39, 0.29) is 11.9 Å². The van der Waals surface area contributed by atoms with Crippen LogP contribution in [-0.4, -0.2) is 70.3 Å². The summed E-state index contributed by atoms with van der Waals surface area (Å²) in [6, 6.07) is 20.5. The Hall–Kier alpha value is -3.71. The highest BCUT2D eigenvalue weighted by Gasteiger charge is 2.47. The first kappa shape index (κ1) is 30.7. The monoisotopic (exact) mass is 586 g/mol. The Morgan fingerprint density at radius 1 is 0.814 bits per heavy atom. The number of benzene rings is 3. The van der Waals surface area contributed by atoms with Crippen LogP contribution in [0.1, 0.15) is 60.9 Å². The number of carbonyl (C=O) groups is 1. The lowest BCUT2D eigenvalue weighted by Crippen LogP contribution is -2.55. The minimum Gasteiger partial charge on any atom is -0.493 e. The van der Waals surface area contributed by atoms with Crippen molar-refractivity contribution in [1.82, 2.24) is 9.80 Å². The lowest BCUT2D eigenvalue weighted by molar-refractivity contribution is -0.142. The molecule has 230 valence electrons. The van der Waals surface area contributed by atoms with E-state index in [4.69, 9.17) is 18.9 Å². The Balaban J connectivity index is 1.56. The largest absolute Gasteiger partial charge is 0.493 e. The van der Waals surface area contributed by atoms with Gasteiger partial charge in [-0.05, 0) is 98.3 Å². The fourth-order valence-corrected chi connectivity index (χ4v) is 6.92. The van der Waals surface area contributed by atoms with E-state index in [9.17, 15) is 0 Å². The van der Waals surface area contributed by atoms with Gasteiger partial charge in [0.1, 0.15) is 0 Å². The van der Waals surface area contributed by atoms with Crippen LogP contribution in [-0.2, 0) is 23.1 Å². The van der Waals surface area contributed by atoms with Crippen molar-refractivity contribution in [2.75, 3.05) is 54.6 Å². The zero-order chi connectivity index (χ0) is 30.4. The summed E-state index contributed by atoms with van der Waals surface area (Å²) in [6.45, 7) is 5.83. The smallest absolute Gasteiger partial charge is 0.233 e. The molecular weight excluding hydrogens is 540 g/mol. The number of hydrogen-bond donors (Lipinski definition) is 0. The molecule has 3 aromatic carbocycles. The second-order valence-electron chi connectivity index (χ2n) is 11.7. The number of fused-ring (bicyclic) bond motifs is 1. The molecule has 0 aliphatic carbocycles. The van der Waals surface area contributed by atoms with Gasteiger partial charge in [-0.15, -0.1) is 0 Å². The Bertz CT molecular complexity index is 1380. The van der Waals surface area contributed by atoms with E-state index in [0.717, 1.165) is 55.6 Å². The third kappa shape index (κ3) is 6.19. The van der Waals surface area contributed by atoms with Crippen molar-refractivity contribution in [3.05, 3.63) is 82.9 Å². The quantitative estimate of drug-likeness (QED) is 0.266. The molecule has 2 heterocycles. The van der Waals surface area contributed by atoms with Gasteiger partial charge in [0.2, 0.25) is 5.91 Å². The number of methoxy groups -OCH3 is 4. The van der Waals surface area contributed by atoms with Gasteiger partial charge in [0.25, 0.3) is 0 Å². The normalized spacial score (nSPS) is 18.1. The van der Waals surface area contributed by atoms with E-state index < -0.39 is 5.41 Å². The molecule has 7 heteroatoms. The van der Waals surface area contributed by atoms with Crippen molar-refractivity contribution in [2.24, 2.45) is 0 Å². The molecule has 0 bridgehead atoms. The molecule has 1 fully saturated rings. The molecule has 5 rings (SSSR count). The number of unbranched alkanes of at least 4 members (excludes halogenated alkanes) is 1. The maximum Gasteiger partial charge on any atom is 0.233 e. The van der Waals surface area contributed by atoms with Crippen molar-refractivity contribution >= 4 is 5.91 Å². The van der Waals surface area contributed by atoms with Gasteiger partial charge in [0.15, 0.2) is 23.0 Å². The van der Waals surface area contributed by atoms with Crippen LogP contribution in [0.2, 0.25) is 0 Å². The highest BCUT2D eigenvalue weighted by atomic mass is 16.5. The average molecular weight is 587 g/mol. The maximum absolute atomic E-state index is 15.1. The Morgan fingerprint density at radius 2 is 1.47 bits per heavy atom. The third-order valence-corrected chi connectivity index (χ3v) is 9.41. The van der Waals surface area contributed by atoms with Gasteiger partial charge >= 0.3 is 0 Å². The molecule has 0 aromatic heterocycles. The molecule has 1 atom stereocenters. The predicted octanol–water partition coefficient (Wildman–Crippen LogP) is 6.22. The number of nitrogens with zero attached hydrogens (tertiary/aromatic N) is 2. The highest BCUT2D eigenvalue weighted by molar-refractivity contribution is 5.89. The molecule has 1 saturated heterocycles. The van der Waals surface area contributed by atoms with Gasteiger partial charge in [-0.3, -0.25) is 4.79 Å². The van der Waals surface area contributed by atoms with Gasteiger partial charge in [-0.25, -0.2) is 0 Å². The second kappa shape index (κ2) is 13.7. The fourth-order valence-electron chi connectivity index (χ4n) is 6.92. The number of amides is 1. The van der Waals surface area contributed by atoms with Crippen molar-refractivity contribution in [2.45, 2.75) is 56.9 Å². The molecule has 2 aliphatic rings. The van der Waals surface area contributed by atoms with Crippen molar-refractivity contribution in [3.63, 3.8) is 0 Å². The van der Waals surface area contributed by atoms with Gasteiger partial charge in [0, 0.05) is 6.54 Å². The van der Waals surface area contributed by atoms with Crippen LogP contribution in [0.5, 0.6) is 23.0 Å². The second-order valence-corrected chi connectivity index (χ2v) is 11.7. The highest BCUT2D eigenvalue weighted by Crippen LogP contribution is 2.44. The van der Waals surface area contributed by atoms with Gasteiger partial charge in [0.05, 0.1) is 39.9 Å². The van der Waals surface area contributed by atoms with Crippen LogP contribution in [0.25, 0.3) is 0 Å². The molecule has 2 aliphatic heterocycles. The van der Waals surface area contributed by atoms with Crippen LogP contribution in [0.4, 0.5) is 0 Å². The Morgan fingerprint density at radius 3 is 2.12 bits per heavy atom. The molecule has 0 radical (unpaired) electrons. The Labute approximate surface area is 256 Å². The van der Waals surface area contributed by atoms with Crippen molar-refractivity contribution in [3.8, 4) is 23.0 Å². The fraction of sp³-hybridized carbons (Fsp3) is 0.472. The number of hydrogen-bond acceptors (Lipinski definition) is 6. The summed E-state index contributed by atoms with van der Waals surface area (Å²) in [7, 11) is 6.63. The van der Waals surface area contributed by atoms with E-state index in [0.29, 0.717) is 36.0 Å².